The molecule has 0 spiro atoms. The summed E-state index contributed by atoms with van der Waals surface area (Å²) in [5, 5.41) is 12.0. The van der Waals surface area contributed by atoms with E-state index in [9.17, 15) is 9.90 Å². The van der Waals surface area contributed by atoms with Crippen LogP contribution in [0.15, 0.2) is 0 Å². The fourth-order valence-corrected chi connectivity index (χ4v) is 1.23. The van der Waals surface area contributed by atoms with Gasteiger partial charge in [0.15, 0.2) is 0 Å². The van der Waals surface area contributed by atoms with Gasteiger partial charge in [-0.3, -0.25) is 4.79 Å². The molecular weight excluding hydrogens is 130 g/mol. The van der Waals surface area contributed by atoms with Crippen molar-refractivity contribution in [1.29, 1.82) is 0 Å². The van der Waals surface area contributed by atoms with Crippen LogP contribution in [0.4, 0.5) is 0 Å². The third kappa shape index (κ3) is 1.48. The van der Waals surface area contributed by atoms with Gasteiger partial charge in [0.1, 0.15) is 0 Å². The Kier molecular flexibility index (Phi) is 2.27. The second-order valence-corrected chi connectivity index (χ2v) is 2.74. The molecule has 0 aromatic carbocycles. The lowest BCUT2D eigenvalue weighted by Crippen LogP contribution is -2.21. The second-order valence-electron chi connectivity index (χ2n) is 2.74. The highest BCUT2D eigenvalue weighted by Crippen LogP contribution is 2.15. The summed E-state index contributed by atoms with van der Waals surface area (Å²) in [6.07, 6.45) is 0.924. The molecule has 0 radical (unpaired) electrons. The molecule has 0 saturated carbocycles. The van der Waals surface area contributed by atoms with Crippen LogP contribution >= 0.6 is 0 Å². The van der Waals surface area contributed by atoms with Crippen molar-refractivity contribution < 1.29 is 9.90 Å². The van der Waals surface area contributed by atoms with E-state index >= 15 is 0 Å². The molecule has 0 aromatic rings. The highest BCUT2D eigenvalue weighted by Gasteiger charge is 2.26. The van der Waals surface area contributed by atoms with E-state index in [2.05, 4.69) is 5.32 Å². The maximum Gasteiger partial charge on any atom is 0.220 e. The zero-order valence-electron chi connectivity index (χ0n) is 6.13. The Balaban J connectivity index is 2.36. The fraction of sp³-hybridized carbons (Fsp3) is 0.857. The lowest BCUT2D eigenvalue weighted by atomic mass is 10.00. The van der Waals surface area contributed by atoms with Crippen LogP contribution in [-0.2, 0) is 4.79 Å². The van der Waals surface area contributed by atoms with E-state index in [1.807, 2.05) is 6.92 Å². The Bertz CT molecular complexity index is 136. The largest absolute Gasteiger partial charge is 0.393 e. The molecule has 3 nitrogen and oxygen atoms in total. The van der Waals surface area contributed by atoms with Gasteiger partial charge in [0.2, 0.25) is 5.91 Å². The number of hydrogen-bond donors (Lipinski definition) is 2. The Hall–Kier alpha value is -0.570. The van der Waals surface area contributed by atoms with Gasteiger partial charge in [0, 0.05) is 18.9 Å². The third-order valence-corrected chi connectivity index (χ3v) is 1.97. The third-order valence-electron chi connectivity index (χ3n) is 1.97. The Morgan fingerprint density at radius 1 is 1.90 bits per heavy atom. The highest BCUT2D eigenvalue weighted by molar-refractivity contribution is 5.78. The van der Waals surface area contributed by atoms with Gasteiger partial charge in [-0.25, -0.2) is 0 Å². The van der Waals surface area contributed by atoms with Crippen molar-refractivity contribution in [3.05, 3.63) is 0 Å². The summed E-state index contributed by atoms with van der Waals surface area (Å²) < 4.78 is 0. The summed E-state index contributed by atoms with van der Waals surface area (Å²) in [7, 11) is 0. The van der Waals surface area contributed by atoms with Gasteiger partial charge >= 0.3 is 0 Å². The molecule has 0 aromatic heterocycles. The summed E-state index contributed by atoms with van der Waals surface area (Å²) in [6.45, 7) is 2.57. The minimum Gasteiger partial charge on any atom is -0.393 e. The number of aliphatic hydroxyl groups excluding tert-OH is 1. The van der Waals surface area contributed by atoms with Crippen LogP contribution < -0.4 is 5.32 Å². The predicted octanol–water partition coefficient (Wildman–Crippen LogP) is -0.107. The van der Waals surface area contributed by atoms with Crippen molar-refractivity contribution in [3.63, 3.8) is 0 Å². The molecule has 3 heteroatoms. The second kappa shape index (κ2) is 3.01. The zero-order valence-corrected chi connectivity index (χ0v) is 6.13. The zero-order chi connectivity index (χ0) is 7.56. The molecule has 10 heavy (non-hydrogen) atoms. The van der Waals surface area contributed by atoms with Crippen molar-refractivity contribution in [2.75, 3.05) is 6.54 Å². The average Bonchev–Trinajstić information content (AvgIpc) is 2.34. The van der Waals surface area contributed by atoms with Gasteiger partial charge < -0.3 is 10.4 Å². The number of carbonyl (C=O) groups excluding carboxylic acids is 1. The normalized spacial score (nSPS) is 28.2. The molecule has 1 heterocycles. The van der Waals surface area contributed by atoms with E-state index in [0.29, 0.717) is 13.0 Å². The van der Waals surface area contributed by atoms with Crippen LogP contribution in [0.3, 0.4) is 0 Å². The summed E-state index contributed by atoms with van der Waals surface area (Å²) in [5.74, 6) is 0.218. The molecule has 0 aliphatic carbocycles. The highest BCUT2D eigenvalue weighted by atomic mass is 16.3. The van der Waals surface area contributed by atoms with Crippen molar-refractivity contribution in [3.8, 4) is 0 Å². The molecule has 1 unspecified atom stereocenters. The van der Waals surface area contributed by atoms with Gasteiger partial charge in [0.05, 0.1) is 6.10 Å². The summed E-state index contributed by atoms with van der Waals surface area (Å²) >= 11 is 0. The molecule has 2 N–H and O–H groups in total. The number of hydrogen-bond acceptors (Lipinski definition) is 2. The minimum absolute atomic E-state index is 0.0671. The number of amides is 1. The van der Waals surface area contributed by atoms with E-state index in [-0.39, 0.29) is 17.9 Å². The quantitative estimate of drug-likeness (QED) is 0.566. The lowest BCUT2D eigenvalue weighted by Gasteiger charge is -2.12. The topological polar surface area (TPSA) is 49.3 Å². The smallest absolute Gasteiger partial charge is 0.220 e. The Morgan fingerprint density at radius 3 is 3.00 bits per heavy atom. The first kappa shape index (κ1) is 7.54. The molecule has 1 aliphatic heterocycles. The molecule has 0 bridgehead atoms. The maximum absolute atomic E-state index is 10.7. The number of carbonyl (C=O) groups is 1. The van der Waals surface area contributed by atoms with E-state index in [4.69, 9.17) is 0 Å². The Labute approximate surface area is 60.4 Å². The number of aliphatic hydroxyl groups is 1. The SMILES string of the molecule is CC[C@H](O)C1CNC(=O)C1. The van der Waals surface area contributed by atoms with Crippen LogP contribution in [0, 0.1) is 5.92 Å². The summed E-state index contributed by atoms with van der Waals surface area (Å²) in [6, 6.07) is 0. The first-order valence-electron chi connectivity index (χ1n) is 3.68. The average molecular weight is 143 g/mol. The number of rotatable bonds is 2. The molecule has 1 rings (SSSR count). The minimum atomic E-state index is -0.307. The summed E-state index contributed by atoms with van der Waals surface area (Å²) in [4.78, 5) is 10.7. The van der Waals surface area contributed by atoms with Crippen LogP contribution in [0.2, 0.25) is 0 Å². The van der Waals surface area contributed by atoms with Crippen molar-refractivity contribution in [2.45, 2.75) is 25.9 Å². The van der Waals surface area contributed by atoms with E-state index in [0.717, 1.165) is 6.42 Å². The maximum atomic E-state index is 10.7. The molecule has 1 amide bonds. The molecule has 1 saturated heterocycles. The van der Waals surface area contributed by atoms with Gasteiger partial charge in [-0.1, -0.05) is 6.92 Å². The van der Waals surface area contributed by atoms with Crippen LogP contribution in [0.25, 0.3) is 0 Å². The molecule has 1 aliphatic rings. The van der Waals surface area contributed by atoms with E-state index in [1.165, 1.54) is 0 Å². The molecular formula is C7H13NO2. The number of nitrogens with one attached hydrogen (secondary N) is 1. The van der Waals surface area contributed by atoms with Gasteiger partial charge in [-0.05, 0) is 6.42 Å². The standard InChI is InChI=1S/C7H13NO2/c1-2-6(9)5-3-7(10)8-4-5/h5-6,9H,2-4H2,1H3,(H,8,10)/t5?,6-/m0/s1. The monoisotopic (exact) mass is 143 g/mol. The molecule has 2 atom stereocenters. The molecule has 1 fully saturated rings. The van der Waals surface area contributed by atoms with Crippen molar-refractivity contribution in [2.24, 2.45) is 5.92 Å². The van der Waals surface area contributed by atoms with Gasteiger partial charge in [-0.2, -0.15) is 0 Å². The van der Waals surface area contributed by atoms with Gasteiger partial charge in [0.25, 0.3) is 0 Å². The molecule has 58 valence electrons. The van der Waals surface area contributed by atoms with Crippen LogP contribution in [0.5, 0.6) is 0 Å². The Morgan fingerprint density at radius 2 is 2.60 bits per heavy atom. The first-order chi connectivity index (χ1) is 4.74. The first-order valence-corrected chi connectivity index (χ1v) is 3.68. The van der Waals surface area contributed by atoms with E-state index < -0.39 is 0 Å². The predicted molar refractivity (Wildman–Crippen MR) is 37.4 cm³/mol. The summed E-state index contributed by atoms with van der Waals surface area (Å²) in [5.41, 5.74) is 0. The van der Waals surface area contributed by atoms with Gasteiger partial charge in [-0.15, -0.1) is 0 Å². The van der Waals surface area contributed by atoms with Crippen molar-refractivity contribution in [1.82, 2.24) is 5.32 Å². The van der Waals surface area contributed by atoms with Crippen LogP contribution in [-0.4, -0.2) is 23.7 Å². The van der Waals surface area contributed by atoms with Crippen molar-refractivity contribution >= 4 is 5.91 Å². The fourth-order valence-electron chi connectivity index (χ4n) is 1.23. The van der Waals surface area contributed by atoms with E-state index in [1.54, 1.807) is 0 Å². The van der Waals surface area contributed by atoms with Crippen LogP contribution in [0.1, 0.15) is 19.8 Å². The lowest BCUT2D eigenvalue weighted by molar-refractivity contribution is -0.119.